The van der Waals surface area contributed by atoms with Gasteiger partial charge in [0.25, 0.3) is 0 Å². The normalized spacial score (nSPS) is 22.0. The fourth-order valence-electron chi connectivity index (χ4n) is 5.53. The molecule has 9 heteroatoms. The number of aliphatic imine (C=N–C) groups is 1. The number of ether oxygens (including phenoxy) is 1. The van der Waals surface area contributed by atoms with Gasteiger partial charge in [0.2, 0.25) is 13.2 Å². The van der Waals surface area contributed by atoms with E-state index >= 15 is 0 Å². The highest BCUT2D eigenvalue weighted by molar-refractivity contribution is 7.66. The molecule has 200 valence electrons. The number of fused-ring (bicyclic) bond motifs is 1. The van der Waals surface area contributed by atoms with Gasteiger partial charge in [-0.3, -0.25) is 4.57 Å². The topological polar surface area (TPSA) is 114 Å². The number of aromatic nitrogens is 2. The molecule has 5 rings (SSSR count). The molecule has 1 aromatic heterocycles. The lowest BCUT2D eigenvalue weighted by Gasteiger charge is -2.32. The number of nitrogen functional groups attached to an aromatic ring is 1. The highest BCUT2D eigenvalue weighted by atomic mass is 31.2. The van der Waals surface area contributed by atoms with Crippen molar-refractivity contribution in [1.82, 2.24) is 9.97 Å². The van der Waals surface area contributed by atoms with Crippen molar-refractivity contribution in [2.45, 2.75) is 51.0 Å². The zero-order valence-corrected chi connectivity index (χ0v) is 23.4. The fourth-order valence-corrected chi connectivity index (χ4v) is 7.43. The Morgan fingerprint density at radius 2 is 1.68 bits per heavy atom. The van der Waals surface area contributed by atoms with E-state index in [0.29, 0.717) is 34.8 Å². The molecule has 2 heterocycles. The van der Waals surface area contributed by atoms with E-state index in [0.717, 1.165) is 42.6 Å². The highest BCUT2D eigenvalue weighted by Crippen LogP contribution is 2.47. The molecule has 3 aromatic rings. The van der Waals surface area contributed by atoms with E-state index in [9.17, 15) is 9.46 Å². The van der Waals surface area contributed by atoms with Crippen LogP contribution in [-0.4, -0.2) is 46.4 Å². The van der Waals surface area contributed by atoms with Gasteiger partial charge in [-0.2, -0.15) is 4.98 Å². The predicted octanol–water partition coefficient (Wildman–Crippen LogP) is 5.29. The van der Waals surface area contributed by atoms with Crippen LogP contribution in [0.3, 0.4) is 0 Å². The summed E-state index contributed by atoms with van der Waals surface area (Å²) in [6, 6.07) is 15.9. The van der Waals surface area contributed by atoms with Gasteiger partial charge in [0, 0.05) is 36.8 Å². The van der Waals surface area contributed by atoms with Gasteiger partial charge >= 0.3 is 0 Å². The number of hydrogen-bond donors (Lipinski definition) is 2. The van der Waals surface area contributed by atoms with Crippen LogP contribution in [0, 0.1) is 5.92 Å². The Hall–Kier alpha value is -3.22. The van der Waals surface area contributed by atoms with Crippen molar-refractivity contribution in [3.05, 3.63) is 66.0 Å². The van der Waals surface area contributed by atoms with Gasteiger partial charge < -0.3 is 20.3 Å². The first-order chi connectivity index (χ1) is 18.0. The van der Waals surface area contributed by atoms with E-state index in [-0.39, 0.29) is 5.92 Å². The second-order valence-electron chi connectivity index (χ2n) is 11.1. The van der Waals surface area contributed by atoms with Crippen molar-refractivity contribution >= 4 is 35.6 Å². The van der Waals surface area contributed by atoms with E-state index in [1.54, 1.807) is 12.1 Å². The van der Waals surface area contributed by atoms with Crippen molar-refractivity contribution < 1.29 is 14.2 Å². The molecule has 2 aliphatic rings. The molecule has 1 saturated carbocycles. The smallest absolute Gasteiger partial charge is 0.246 e. The third kappa shape index (κ3) is 5.33. The van der Waals surface area contributed by atoms with Crippen molar-refractivity contribution in [2.24, 2.45) is 10.9 Å². The molecular weight excluding hydrogens is 497 g/mol. The summed E-state index contributed by atoms with van der Waals surface area (Å²) in [4.78, 5) is 25.8. The molecule has 0 amide bonds. The summed E-state index contributed by atoms with van der Waals surface area (Å²) in [7, 11) is 0.546. The Morgan fingerprint density at radius 1 is 1.03 bits per heavy atom. The first-order valence-electron chi connectivity index (χ1n) is 13.1. The Labute approximate surface area is 224 Å². The van der Waals surface area contributed by atoms with E-state index in [4.69, 9.17) is 15.5 Å². The zero-order valence-electron chi connectivity index (χ0n) is 22.5. The van der Waals surface area contributed by atoms with Crippen LogP contribution in [0.25, 0.3) is 0 Å². The van der Waals surface area contributed by atoms with Crippen LogP contribution in [0.2, 0.25) is 0 Å². The van der Waals surface area contributed by atoms with Gasteiger partial charge in [-0.1, -0.05) is 24.3 Å². The number of anilines is 2. The largest absolute Gasteiger partial charge is 0.463 e. The summed E-state index contributed by atoms with van der Waals surface area (Å²) >= 11 is 0. The SMILES string of the molecule is CN(C)c1ccc(P(=O)(O)CC2CCC(c3ccc(C4=Nc5c(N)ncnc5OC4(C)C)cc3)CC2)cc1. The molecule has 38 heavy (non-hydrogen) atoms. The van der Waals surface area contributed by atoms with Crippen LogP contribution < -0.4 is 20.7 Å². The van der Waals surface area contributed by atoms with Gasteiger partial charge in [0.15, 0.2) is 11.5 Å². The summed E-state index contributed by atoms with van der Waals surface area (Å²) in [6.07, 6.45) is 5.67. The molecule has 1 aliphatic carbocycles. The molecule has 2 aromatic carbocycles. The number of nitrogens with zero attached hydrogens (tertiary/aromatic N) is 4. The van der Waals surface area contributed by atoms with Gasteiger partial charge in [-0.15, -0.1) is 0 Å². The Balaban J connectivity index is 1.23. The van der Waals surface area contributed by atoms with E-state index < -0.39 is 13.0 Å². The van der Waals surface area contributed by atoms with Crippen LogP contribution in [0.15, 0.2) is 59.9 Å². The van der Waals surface area contributed by atoms with E-state index in [1.165, 1.54) is 11.9 Å². The Bertz CT molecular complexity index is 1380. The lowest BCUT2D eigenvalue weighted by Crippen LogP contribution is -2.41. The lowest BCUT2D eigenvalue weighted by atomic mass is 9.79. The molecule has 1 fully saturated rings. The third-order valence-corrected chi connectivity index (χ3v) is 9.86. The third-order valence-electron chi connectivity index (χ3n) is 7.74. The van der Waals surface area contributed by atoms with Crippen LogP contribution >= 0.6 is 7.37 Å². The zero-order chi connectivity index (χ0) is 27.1. The maximum atomic E-state index is 13.2. The van der Waals surface area contributed by atoms with Crippen molar-refractivity contribution in [3.8, 4) is 5.88 Å². The predicted molar refractivity (Wildman–Crippen MR) is 154 cm³/mol. The van der Waals surface area contributed by atoms with Crippen molar-refractivity contribution in [3.63, 3.8) is 0 Å². The molecule has 1 unspecified atom stereocenters. The fraction of sp³-hybridized carbons (Fsp3) is 0.414. The van der Waals surface area contributed by atoms with Crippen LogP contribution in [0.5, 0.6) is 5.88 Å². The summed E-state index contributed by atoms with van der Waals surface area (Å²) < 4.78 is 19.3. The number of rotatable bonds is 6. The Kier molecular flexibility index (Phi) is 7.05. The standard InChI is InChI=1S/C29H36N5O3P/c1-29(2)26(33-25-27(30)31-18-32-28(25)37-29)22-11-9-21(10-12-22)20-7-5-19(6-8-20)17-38(35,36)24-15-13-23(14-16-24)34(3)4/h9-16,18-20H,5-8,17H2,1-4H3,(H,35,36)(H2,30,31,32). The van der Waals surface area contributed by atoms with Crippen LogP contribution in [0.4, 0.5) is 17.2 Å². The average molecular weight is 534 g/mol. The minimum absolute atomic E-state index is 0.261. The van der Waals surface area contributed by atoms with Gasteiger partial charge in [-0.25, -0.2) is 9.98 Å². The molecule has 8 nitrogen and oxygen atoms in total. The minimum Gasteiger partial charge on any atom is -0.463 e. The first kappa shape index (κ1) is 26.4. The maximum absolute atomic E-state index is 13.2. The summed E-state index contributed by atoms with van der Waals surface area (Å²) in [5, 5.41) is 0.550. The van der Waals surface area contributed by atoms with Crippen LogP contribution in [0.1, 0.15) is 56.6 Å². The molecule has 0 saturated heterocycles. The quantitative estimate of drug-likeness (QED) is 0.414. The molecule has 1 atom stereocenters. The monoisotopic (exact) mass is 533 g/mol. The number of hydrogen-bond acceptors (Lipinski definition) is 7. The molecule has 0 radical (unpaired) electrons. The first-order valence-corrected chi connectivity index (χ1v) is 15.0. The van der Waals surface area contributed by atoms with E-state index in [1.807, 2.05) is 45.0 Å². The van der Waals surface area contributed by atoms with E-state index in [2.05, 4.69) is 34.2 Å². The Morgan fingerprint density at radius 3 is 2.32 bits per heavy atom. The second kappa shape index (κ2) is 10.2. The number of nitrogens with two attached hydrogens (primary N) is 1. The molecular formula is C29H36N5O3P. The van der Waals surface area contributed by atoms with Crippen molar-refractivity contribution in [1.29, 1.82) is 0 Å². The second-order valence-corrected chi connectivity index (χ2v) is 13.4. The number of benzene rings is 2. The van der Waals surface area contributed by atoms with Gasteiger partial charge in [0.1, 0.15) is 11.9 Å². The summed E-state index contributed by atoms with van der Waals surface area (Å²) in [5.74, 6) is 1.41. The minimum atomic E-state index is -3.38. The molecule has 3 N–H and O–H groups in total. The van der Waals surface area contributed by atoms with Gasteiger partial charge in [0.05, 0.1) is 5.71 Å². The van der Waals surface area contributed by atoms with Gasteiger partial charge in [-0.05, 0) is 81.2 Å². The maximum Gasteiger partial charge on any atom is 0.246 e. The van der Waals surface area contributed by atoms with Crippen molar-refractivity contribution in [2.75, 3.05) is 30.9 Å². The molecule has 0 spiro atoms. The molecule has 0 bridgehead atoms. The van der Waals surface area contributed by atoms with Crippen LogP contribution in [-0.2, 0) is 4.57 Å². The summed E-state index contributed by atoms with van der Waals surface area (Å²) in [6.45, 7) is 3.94. The molecule has 1 aliphatic heterocycles. The highest BCUT2D eigenvalue weighted by Gasteiger charge is 2.35. The lowest BCUT2D eigenvalue weighted by molar-refractivity contribution is 0.171. The summed E-state index contributed by atoms with van der Waals surface area (Å²) in [5.41, 5.74) is 9.91. The average Bonchev–Trinajstić information content (AvgIpc) is 2.88.